The van der Waals surface area contributed by atoms with Crippen LogP contribution >= 0.6 is 0 Å². The van der Waals surface area contributed by atoms with Crippen molar-refractivity contribution in [3.8, 4) is 0 Å². The average Bonchev–Trinajstić information content (AvgIpc) is 2.73. The fraction of sp³-hybridized carbons (Fsp3) is 0.524. The predicted molar refractivity (Wildman–Crippen MR) is 118 cm³/mol. The molecule has 0 unspecified atom stereocenters. The van der Waals surface area contributed by atoms with Gasteiger partial charge in [0.1, 0.15) is 12.1 Å². The monoisotopic (exact) mass is 434 g/mol. The van der Waals surface area contributed by atoms with Gasteiger partial charge in [0.15, 0.2) is 5.96 Å². The number of nitrogens with one attached hydrogen (secondary N) is 4. The highest BCUT2D eigenvalue weighted by molar-refractivity contribution is 5.92. The van der Waals surface area contributed by atoms with Gasteiger partial charge in [-0.25, -0.2) is 4.79 Å². The summed E-state index contributed by atoms with van der Waals surface area (Å²) in [6.45, 7) is 4.00. The molecule has 10 nitrogen and oxygen atoms in total. The van der Waals surface area contributed by atoms with Gasteiger partial charge in [0.25, 0.3) is 0 Å². The maximum atomic E-state index is 12.8. The molecule has 0 saturated carbocycles. The molecule has 0 heterocycles. The van der Waals surface area contributed by atoms with E-state index in [0.29, 0.717) is 25.8 Å². The summed E-state index contributed by atoms with van der Waals surface area (Å²) in [7, 11) is 0. The molecule has 0 aliphatic heterocycles. The van der Waals surface area contributed by atoms with Crippen LogP contribution in [-0.2, 0) is 20.8 Å². The summed E-state index contributed by atoms with van der Waals surface area (Å²) in [6, 6.07) is 6.44. The lowest BCUT2D eigenvalue weighted by atomic mass is 9.96. The second kappa shape index (κ2) is 13.2. The molecule has 0 aromatic heterocycles. The van der Waals surface area contributed by atoms with E-state index in [1.807, 2.05) is 37.3 Å². The molecule has 31 heavy (non-hydrogen) atoms. The SMILES string of the molecule is CC[C@H](C)[C@H](NC(=O)[C@@H](N)Cc1ccccc1)C(=O)N[C@@H](CCCNC(=N)N)C(=O)O. The summed E-state index contributed by atoms with van der Waals surface area (Å²) in [4.78, 5) is 37.0. The number of carboxylic acid groups (broad SMARTS) is 1. The number of carbonyl (C=O) groups excluding carboxylic acids is 2. The zero-order valence-corrected chi connectivity index (χ0v) is 18.1. The van der Waals surface area contributed by atoms with Crippen molar-refractivity contribution in [1.82, 2.24) is 16.0 Å². The van der Waals surface area contributed by atoms with Gasteiger partial charge in [-0.15, -0.1) is 0 Å². The number of rotatable bonds is 13. The van der Waals surface area contributed by atoms with Crippen molar-refractivity contribution < 1.29 is 19.5 Å². The molecule has 9 N–H and O–H groups in total. The van der Waals surface area contributed by atoms with Crippen LogP contribution in [0.3, 0.4) is 0 Å². The summed E-state index contributed by atoms with van der Waals surface area (Å²) >= 11 is 0. The van der Waals surface area contributed by atoms with Gasteiger partial charge in [0.2, 0.25) is 11.8 Å². The smallest absolute Gasteiger partial charge is 0.326 e. The van der Waals surface area contributed by atoms with E-state index < -0.39 is 35.9 Å². The summed E-state index contributed by atoms with van der Waals surface area (Å²) in [5.41, 5.74) is 12.1. The Bertz CT molecular complexity index is 743. The van der Waals surface area contributed by atoms with Crippen molar-refractivity contribution in [2.24, 2.45) is 17.4 Å². The largest absolute Gasteiger partial charge is 0.480 e. The van der Waals surface area contributed by atoms with Crippen LogP contribution < -0.4 is 27.4 Å². The minimum Gasteiger partial charge on any atom is -0.480 e. The van der Waals surface area contributed by atoms with E-state index >= 15 is 0 Å². The minimum absolute atomic E-state index is 0.149. The molecule has 0 bridgehead atoms. The summed E-state index contributed by atoms with van der Waals surface area (Å²) in [6.07, 6.45) is 1.46. The van der Waals surface area contributed by atoms with Gasteiger partial charge in [-0.05, 0) is 30.7 Å². The molecular formula is C21H34N6O4. The first-order chi connectivity index (χ1) is 14.6. The number of guanidine groups is 1. The van der Waals surface area contributed by atoms with Crippen LogP contribution in [0.2, 0.25) is 0 Å². The third-order valence-electron chi connectivity index (χ3n) is 5.03. The van der Waals surface area contributed by atoms with Gasteiger partial charge in [-0.2, -0.15) is 0 Å². The number of carbonyl (C=O) groups is 3. The van der Waals surface area contributed by atoms with Crippen molar-refractivity contribution in [2.75, 3.05) is 6.54 Å². The molecule has 4 atom stereocenters. The van der Waals surface area contributed by atoms with Gasteiger partial charge in [-0.1, -0.05) is 50.6 Å². The van der Waals surface area contributed by atoms with Crippen molar-refractivity contribution in [3.05, 3.63) is 35.9 Å². The first kappa shape index (κ1) is 25.9. The van der Waals surface area contributed by atoms with Crippen LogP contribution in [0.1, 0.15) is 38.7 Å². The molecule has 1 rings (SSSR count). The molecule has 0 aliphatic rings. The van der Waals surface area contributed by atoms with Crippen LogP contribution in [0.25, 0.3) is 0 Å². The highest BCUT2D eigenvalue weighted by Gasteiger charge is 2.30. The molecule has 0 aliphatic carbocycles. The lowest BCUT2D eigenvalue weighted by molar-refractivity contribution is -0.142. The lowest BCUT2D eigenvalue weighted by Crippen LogP contribution is -2.57. The Balaban J connectivity index is 2.74. The highest BCUT2D eigenvalue weighted by Crippen LogP contribution is 2.10. The highest BCUT2D eigenvalue weighted by atomic mass is 16.4. The quantitative estimate of drug-likeness (QED) is 0.129. The molecule has 0 radical (unpaired) electrons. The van der Waals surface area contributed by atoms with E-state index in [4.69, 9.17) is 16.9 Å². The van der Waals surface area contributed by atoms with Gasteiger partial charge in [-0.3, -0.25) is 15.0 Å². The fourth-order valence-electron chi connectivity index (χ4n) is 2.97. The Morgan fingerprint density at radius 1 is 1.13 bits per heavy atom. The minimum atomic E-state index is -1.17. The van der Waals surface area contributed by atoms with Gasteiger partial charge in [0, 0.05) is 6.54 Å². The van der Waals surface area contributed by atoms with Crippen LogP contribution in [0.15, 0.2) is 30.3 Å². The molecule has 0 saturated heterocycles. The Labute approximate surface area is 182 Å². The normalized spacial score (nSPS) is 14.5. The first-order valence-corrected chi connectivity index (χ1v) is 10.4. The molecule has 1 aromatic carbocycles. The summed E-state index contributed by atoms with van der Waals surface area (Å²) in [5, 5.41) is 24.3. The zero-order valence-electron chi connectivity index (χ0n) is 18.1. The molecule has 0 fully saturated rings. The number of carboxylic acids is 1. The molecular weight excluding hydrogens is 400 g/mol. The van der Waals surface area contributed by atoms with Crippen LogP contribution in [0.4, 0.5) is 0 Å². The van der Waals surface area contributed by atoms with E-state index in [9.17, 15) is 19.5 Å². The Morgan fingerprint density at radius 2 is 1.77 bits per heavy atom. The van der Waals surface area contributed by atoms with E-state index in [0.717, 1.165) is 5.56 Å². The fourth-order valence-corrected chi connectivity index (χ4v) is 2.97. The molecule has 10 heteroatoms. The third kappa shape index (κ3) is 9.47. The van der Waals surface area contributed by atoms with Crippen LogP contribution in [0.5, 0.6) is 0 Å². The number of benzene rings is 1. The molecule has 2 amide bonds. The maximum absolute atomic E-state index is 12.8. The maximum Gasteiger partial charge on any atom is 0.326 e. The van der Waals surface area contributed by atoms with Gasteiger partial charge >= 0.3 is 5.97 Å². The van der Waals surface area contributed by atoms with Crippen molar-refractivity contribution in [3.63, 3.8) is 0 Å². The topological polar surface area (TPSA) is 183 Å². The van der Waals surface area contributed by atoms with E-state index in [1.54, 1.807) is 6.92 Å². The third-order valence-corrected chi connectivity index (χ3v) is 5.03. The number of hydrogen-bond donors (Lipinski definition) is 7. The molecule has 0 spiro atoms. The average molecular weight is 435 g/mol. The van der Waals surface area contributed by atoms with E-state index in [-0.39, 0.29) is 18.3 Å². The second-order valence-electron chi connectivity index (χ2n) is 7.55. The number of amides is 2. The first-order valence-electron chi connectivity index (χ1n) is 10.4. The van der Waals surface area contributed by atoms with Crippen LogP contribution in [-0.4, -0.2) is 53.5 Å². The number of nitrogens with two attached hydrogens (primary N) is 2. The Kier molecular flexibility index (Phi) is 11.0. The predicted octanol–water partition coefficient (Wildman–Crippen LogP) is -0.0800. The second-order valence-corrected chi connectivity index (χ2v) is 7.55. The number of aliphatic carboxylic acids is 1. The zero-order chi connectivity index (χ0) is 23.4. The molecule has 172 valence electrons. The van der Waals surface area contributed by atoms with E-state index in [1.165, 1.54) is 0 Å². The van der Waals surface area contributed by atoms with Crippen molar-refractivity contribution in [2.45, 2.75) is 57.7 Å². The van der Waals surface area contributed by atoms with Gasteiger partial charge in [0.05, 0.1) is 6.04 Å². The summed E-state index contributed by atoms with van der Waals surface area (Å²) in [5.74, 6) is -2.64. The van der Waals surface area contributed by atoms with Crippen LogP contribution in [0, 0.1) is 11.3 Å². The van der Waals surface area contributed by atoms with Gasteiger partial charge < -0.3 is 32.5 Å². The van der Waals surface area contributed by atoms with E-state index in [2.05, 4.69) is 16.0 Å². The number of hydrogen-bond acceptors (Lipinski definition) is 5. The molecule has 1 aromatic rings. The Hall–Kier alpha value is -3.14. The summed E-state index contributed by atoms with van der Waals surface area (Å²) < 4.78 is 0. The van der Waals surface area contributed by atoms with Crippen molar-refractivity contribution >= 4 is 23.7 Å². The standard InChI is InChI=1S/C21H34N6O4/c1-3-13(2)17(27-18(28)15(22)12-14-8-5-4-6-9-14)19(29)26-16(20(30)31)10-7-11-25-21(23)24/h4-6,8-9,13,15-17H,3,7,10-12,22H2,1-2H3,(H,26,29)(H,27,28)(H,30,31)(H4,23,24,25)/t13-,15-,16-,17-/m0/s1. The van der Waals surface area contributed by atoms with Crippen molar-refractivity contribution in [1.29, 1.82) is 5.41 Å². The Morgan fingerprint density at radius 3 is 2.32 bits per heavy atom. The lowest BCUT2D eigenvalue weighted by Gasteiger charge is -2.26.